The van der Waals surface area contributed by atoms with Crippen LogP contribution in [0.4, 0.5) is 16.2 Å². The first-order valence-electron chi connectivity index (χ1n) is 5.23. The van der Waals surface area contributed by atoms with E-state index in [4.69, 9.17) is 23.2 Å². The van der Waals surface area contributed by atoms with E-state index < -0.39 is 5.37 Å². The molecule has 0 saturated carbocycles. The molecule has 0 N–H and O–H groups in total. The van der Waals surface area contributed by atoms with E-state index in [1.807, 2.05) is 30.3 Å². The first-order chi connectivity index (χ1) is 8.66. The summed E-state index contributed by atoms with van der Waals surface area (Å²) in [6.07, 6.45) is 0. The van der Waals surface area contributed by atoms with Crippen LogP contribution in [0.3, 0.4) is 0 Å². The standard InChI is InChI=1S/C13H7Cl2NOS/c14-8-5-6-12-10(7-8)16(13(15)17)9-3-1-2-4-11(9)18-12/h1-7H. The first kappa shape index (κ1) is 11.9. The fourth-order valence-electron chi connectivity index (χ4n) is 1.92. The number of carbonyl (C=O) groups is 1. The minimum absolute atomic E-state index is 0.536. The summed E-state index contributed by atoms with van der Waals surface area (Å²) in [5.74, 6) is 0. The molecule has 5 heteroatoms. The Hall–Kier alpha value is -1.16. The Morgan fingerprint density at radius 3 is 2.56 bits per heavy atom. The maximum Gasteiger partial charge on any atom is 0.325 e. The summed E-state index contributed by atoms with van der Waals surface area (Å²) in [5.41, 5.74) is 1.52. The van der Waals surface area contributed by atoms with Crippen LogP contribution in [-0.2, 0) is 0 Å². The molecule has 90 valence electrons. The van der Waals surface area contributed by atoms with Crippen LogP contribution in [0.25, 0.3) is 0 Å². The van der Waals surface area contributed by atoms with Gasteiger partial charge in [0, 0.05) is 14.8 Å². The molecule has 0 radical (unpaired) electrons. The van der Waals surface area contributed by atoms with Gasteiger partial charge in [-0.25, -0.2) is 0 Å². The van der Waals surface area contributed by atoms with Crippen LogP contribution in [0.2, 0.25) is 5.02 Å². The Morgan fingerprint density at radius 2 is 1.78 bits per heavy atom. The van der Waals surface area contributed by atoms with Crippen LogP contribution < -0.4 is 4.90 Å². The lowest BCUT2D eigenvalue weighted by Gasteiger charge is -2.29. The Balaban J connectivity index is 2.24. The van der Waals surface area contributed by atoms with E-state index in [9.17, 15) is 4.79 Å². The molecule has 0 fully saturated rings. The van der Waals surface area contributed by atoms with E-state index in [1.165, 1.54) is 4.90 Å². The number of para-hydroxylation sites is 1. The average molecular weight is 296 g/mol. The smallest absolute Gasteiger partial charge is 0.265 e. The highest BCUT2D eigenvalue weighted by Crippen LogP contribution is 2.49. The third-order valence-electron chi connectivity index (χ3n) is 2.66. The molecule has 0 unspecified atom stereocenters. The lowest BCUT2D eigenvalue weighted by molar-refractivity contribution is 0.266. The van der Waals surface area contributed by atoms with Crippen molar-refractivity contribution in [1.29, 1.82) is 0 Å². The summed E-state index contributed by atoms with van der Waals surface area (Å²) in [4.78, 5) is 15.1. The number of fused-ring (bicyclic) bond motifs is 2. The van der Waals surface area contributed by atoms with Gasteiger partial charge in [-0.05, 0) is 41.9 Å². The molecule has 0 atom stereocenters. The van der Waals surface area contributed by atoms with Crippen molar-refractivity contribution in [3.05, 3.63) is 47.5 Å². The highest BCUT2D eigenvalue weighted by atomic mass is 35.5. The van der Waals surface area contributed by atoms with E-state index in [-0.39, 0.29) is 0 Å². The van der Waals surface area contributed by atoms with Gasteiger partial charge in [0.05, 0.1) is 11.4 Å². The quantitative estimate of drug-likeness (QED) is 0.485. The van der Waals surface area contributed by atoms with Gasteiger partial charge < -0.3 is 0 Å². The van der Waals surface area contributed by atoms with Gasteiger partial charge in [0.2, 0.25) is 0 Å². The maximum absolute atomic E-state index is 11.7. The van der Waals surface area contributed by atoms with Crippen LogP contribution in [-0.4, -0.2) is 5.37 Å². The largest absolute Gasteiger partial charge is 0.325 e. The second kappa shape index (κ2) is 4.50. The molecule has 0 spiro atoms. The van der Waals surface area contributed by atoms with Crippen molar-refractivity contribution in [2.75, 3.05) is 4.90 Å². The van der Waals surface area contributed by atoms with Gasteiger partial charge in [-0.2, -0.15) is 0 Å². The molecule has 2 nitrogen and oxygen atoms in total. The van der Waals surface area contributed by atoms with Gasteiger partial charge in [-0.15, -0.1) is 0 Å². The molecular weight excluding hydrogens is 289 g/mol. The van der Waals surface area contributed by atoms with Gasteiger partial charge in [-0.3, -0.25) is 9.69 Å². The van der Waals surface area contributed by atoms with E-state index in [1.54, 1.807) is 23.9 Å². The lowest BCUT2D eigenvalue weighted by Crippen LogP contribution is -2.22. The predicted octanol–water partition coefficient (Wildman–Crippen LogP) is 5.30. The number of anilines is 2. The van der Waals surface area contributed by atoms with Gasteiger partial charge in [0.15, 0.2) is 0 Å². The summed E-state index contributed by atoms with van der Waals surface area (Å²) in [7, 11) is 0. The molecule has 1 aliphatic heterocycles. The van der Waals surface area contributed by atoms with Crippen molar-refractivity contribution in [1.82, 2.24) is 0 Å². The minimum Gasteiger partial charge on any atom is -0.265 e. The highest BCUT2D eigenvalue weighted by Gasteiger charge is 2.27. The fourth-order valence-corrected chi connectivity index (χ4v) is 3.30. The lowest BCUT2D eigenvalue weighted by atomic mass is 10.2. The summed E-state index contributed by atoms with van der Waals surface area (Å²) >= 11 is 13.3. The zero-order valence-electron chi connectivity index (χ0n) is 9.06. The predicted molar refractivity (Wildman–Crippen MR) is 75.4 cm³/mol. The van der Waals surface area contributed by atoms with Crippen molar-refractivity contribution < 1.29 is 4.79 Å². The number of carbonyl (C=O) groups excluding carboxylic acids is 1. The molecule has 0 aliphatic carbocycles. The van der Waals surface area contributed by atoms with Gasteiger partial charge in [0.1, 0.15) is 0 Å². The highest BCUT2D eigenvalue weighted by molar-refractivity contribution is 7.99. The maximum atomic E-state index is 11.7. The van der Waals surface area contributed by atoms with Crippen LogP contribution in [0.15, 0.2) is 52.3 Å². The normalized spacial score (nSPS) is 12.9. The monoisotopic (exact) mass is 295 g/mol. The van der Waals surface area contributed by atoms with E-state index in [0.29, 0.717) is 5.02 Å². The number of hydrogen-bond donors (Lipinski definition) is 0. The van der Waals surface area contributed by atoms with E-state index in [0.717, 1.165) is 21.2 Å². The summed E-state index contributed by atoms with van der Waals surface area (Å²) < 4.78 is 0. The van der Waals surface area contributed by atoms with Crippen LogP contribution >= 0.6 is 35.0 Å². The van der Waals surface area contributed by atoms with Crippen molar-refractivity contribution in [3.8, 4) is 0 Å². The number of halogens is 2. The third-order valence-corrected chi connectivity index (χ3v) is 4.20. The summed E-state index contributed by atoms with van der Waals surface area (Å²) in [6.45, 7) is 0. The van der Waals surface area contributed by atoms with Gasteiger partial charge in [-0.1, -0.05) is 35.5 Å². The first-order valence-corrected chi connectivity index (χ1v) is 6.80. The van der Waals surface area contributed by atoms with Crippen molar-refractivity contribution in [3.63, 3.8) is 0 Å². The number of rotatable bonds is 0. The van der Waals surface area contributed by atoms with Crippen molar-refractivity contribution in [2.45, 2.75) is 9.79 Å². The molecule has 1 heterocycles. The summed E-state index contributed by atoms with van der Waals surface area (Å²) in [6, 6.07) is 13.1. The third kappa shape index (κ3) is 1.88. The fraction of sp³-hybridized carbons (Fsp3) is 0. The molecule has 0 bridgehead atoms. The molecule has 3 rings (SSSR count). The second-order valence-corrected chi connectivity index (χ2v) is 5.61. The summed E-state index contributed by atoms with van der Waals surface area (Å²) in [5, 5.41) is 0.0444. The van der Waals surface area contributed by atoms with Gasteiger partial charge >= 0.3 is 5.37 Å². The molecular formula is C13H7Cl2NOS. The van der Waals surface area contributed by atoms with Gasteiger partial charge in [0.25, 0.3) is 0 Å². The number of benzene rings is 2. The number of hydrogen-bond acceptors (Lipinski definition) is 2. The number of nitrogens with zero attached hydrogens (tertiary/aromatic N) is 1. The van der Waals surface area contributed by atoms with Crippen molar-refractivity contribution >= 4 is 51.7 Å². The zero-order chi connectivity index (χ0) is 12.7. The van der Waals surface area contributed by atoms with Crippen LogP contribution in [0, 0.1) is 0 Å². The topological polar surface area (TPSA) is 20.3 Å². The number of amides is 1. The molecule has 0 saturated heterocycles. The SMILES string of the molecule is O=C(Cl)N1c2ccccc2Sc2ccc(Cl)cc21. The Bertz CT molecular complexity index is 645. The van der Waals surface area contributed by atoms with E-state index >= 15 is 0 Å². The van der Waals surface area contributed by atoms with Crippen LogP contribution in [0.1, 0.15) is 0 Å². The minimum atomic E-state index is -0.536. The second-order valence-electron chi connectivity index (χ2n) is 3.77. The molecule has 2 aromatic carbocycles. The Morgan fingerprint density at radius 1 is 1.06 bits per heavy atom. The zero-order valence-corrected chi connectivity index (χ0v) is 11.4. The molecule has 0 aromatic heterocycles. The van der Waals surface area contributed by atoms with E-state index in [2.05, 4.69) is 0 Å². The molecule has 2 aromatic rings. The Labute approximate surface area is 118 Å². The van der Waals surface area contributed by atoms with Crippen molar-refractivity contribution in [2.24, 2.45) is 0 Å². The average Bonchev–Trinajstić information content (AvgIpc) is 2.35. The molecule has 1 amide bonds. The molecule has 1 aliphatic rings. The van der Waals surface area contributed by atoms with Crippen LogP contribution in [0.5, 0.6) is 0 Å². The molecule has 18 heavy (non-hydrogen) atoms. The Kier molecular flexibility index (Phi) is 2.98.